The molecule has 2 aliphatic rings. The largest absolute Gasteiger partial charge is 0.341 e. The zero-order valence-electron chi connectivity index (χ0n) is 14.0. The van der Waals surface area contributed by atoms with Crippen LogP contribution in [-0.4, -0.2) is 51.3 Å². The molecule has 1 aliphatic carbocycles. The van der Waals surface area contributed by atoms with Gasteiger partial charge in [0.2, 0.25) is 5.91 Å². The molecule has 2 atom stereocenters. The van der Waals surface area contributed by atoms with Crippen LogP contribution in [-0.2, 0) is 11.3 Å². The van der Waals surface area contributed by atoms with Gasteiger partial charge < -0.3 is 9.30 Å². The number of carbonyl (C=O) groups is 1. The Morgan fingerprint density at radius 2 is 2.08 bits per heavy atom. The van der Waals surface area contributed by atoms with Gasteiger partial charge in [0.25, 0.3) is 0 Å². The molecule has 128 valence electrons. The number of rotatable bonds is 3. The molecule has 0 bridgehead atoms. The standard InChI is InChI=1S/C18H23ClN4O/c1-13-9-16(13)18(24)22-6-2-5-21(7-8-22)11-15-12-23-10-14(19)3-4-17(23)20-15/h3-4,10,12-13,16H,2,5-9,11H2,1H3/t13-,16+/m0/s1. The van der Waals surface area contributed by atoms with Crippen molar-refractivity contribution in [3.05, 3.63) is 35.2 Å². The summed E-state index contributed by atoms with van der Waals surface area (Å²) in [5, 5.41) is 0.713. The van der Waals surface area contributed by atoms with Crippen molar-refractivity contribution in [1.29, 1.82) is 0 Å². The van der Waals surface area contributed by atoms with Gasteiger partial charge in [0, 0.05) is 51.0 Å². The topological polar surface area (TPSA) is 40.9 Å². The minimum absolute atomic E-state index is 0.291. The number of fused-ring (bicyclic) bond motifs is 1. The maximum atomic E-state index is 12.4. The lowest BCUT2D eigenvalue weighted by atomic mass is 10.3. The smallest absolute Gasteiger partial charge is 0.226 e. The molecule has 0 N–H and O–H groups in total. The monoisotopic (exact) mass is 346 g/mol. The van der Waals surface area contributed by atoms with E-state index in [4.69, 9.17) is 11.6 Å². The van der Waals surface area contributed by atoms with Crippen LogP contribution in [0.25, 0.3) is 5.65 Å². The van der Waals surface area contributed by atoms with Gasteiger partial charge >= 0.3 is 0 Å². The van der Waals surface area contributed by atoms with Gasteiger partial charge in [0.15, 0.2) is 0 Å². The number of carbonyl (C=O) groups excluding carboxylic acids is 1. The van der Waals surface area contributed by atoms with Crippen LogP contribution in [0.5, 0.6) is 0 Å². The normalized spacial score (nSPS) is 25.0. The molecule has 1 saturated carbocycles. The van der Waals surface area contributed by atoms with E-state index in [9.17, 15) is 4.79 Å². The molecule has 1 saturated heterocycles. The van der Waals surface area contributed by atoms with E-state index in [1.165, 1.54) is 0 Å². The van der Waals surface area contributed by atoms with E-state index < -0.39 is 0 Å². The second kappa shape index (κ2) is 6.37. The Labute approximate surface area is 147 Å². The lowest BCUT2D eigenvalue weighted by Crippen LogP contribution is -2.36. The summed E-state index contributed by atoms with van der Waals surface area (Å²) in [6, 6.07) is 3.80. The van der Waals surface area contributed by atoms with Crippen LogP contribution in [0.1, 0.15) is 25.5 Å². The van der Waals surface area contributed by atoms with E-state index in [-0.39, 0.29) is 0 Å². The van der Waals surface area contributed by atoms with Crippen molar-refractivity contribution in [3.8, 4) is 0 Å². The number of aromatic nitrogens is 2. The van der Waals surface area contributed by atoms with Crippen LogP contribution in [0.4, 0.5) is 0 Å². The molecule has 4 rings (SSSR count). The number of halogens is 1. The van der Waals surface area contributed by atoms with Crippen molar-refractivity contribution < 1.29 is 4.79 Å². The summed E-state index contributed by atoms with van der Waals surface area (Å²) in [4.78, 5) is 21.5. The van der Waals surface area contributed by atoms with Crippen molar-refractivity contribution in [2.75, 3.05) is 26.2 Å². The molecule has 1 aliphatic heterocycles. The van der Waals surface area contributed by atoms with E-state index in [1.54, 1.807) is 0 Å². The molecule has 5 nitrogen and oxygen atoms in total. The first-order valence-corrected chi connectivity index (χ1v) is 9.12. The SMILES string of the molecule is C[C@H]1C[C@H]1C(=O)N1CCCN(Cc2cn3cc(Cl)ccc3n2)CC1. The molecule has 2 aromatic rings. The predicted molar refractivity (Wildman–Crippen MR) is 93.9 cm³/mol. The third-order valence-corrected chi connectivity index (χ3v) is 5.40. The van der Waals surface area contributed by atoms with Gasteiger partial charge in [-0.15, -0.1) is 0 Å². The minimum Gasteiger partial charge on any atom is -0.341 e. The summed E-state index contributed by atoms with van der Waals surface area (Å²) >= 11 is 6.03. The Hall–Kier alpha value is -1.59. The summed E-state index contributed by atoms with van der Waals surface area (Å²) in [6.45, 7) is 6.64. The first-order chi connectivity index (χ1) is 11.6. The Bertz CT molecular complexity index is 759. The van der Waals surface area contributed by atoms with E-state index in [0.717, 1.165) is 56.9 Å². The highest BCUT2D eigenvalue weighted by Gasteiger charge is 2.41. The third kappa shape index (κ3) is 3.28. The van der Waals surface area contributed by atoms with E-state index >= 15 is 0 Å². The van der Waals surface area contributed by atoms with Crippen molar-refractivity contribution in [1.82, 2.24) is 19.2 Å². The third-order valence-electron chi connectivity index (χ3n) is 5.18. The first-order valence-electron chi connectivity index (χ1n) is 8.74. The fraction of sp³-hybridized carbons (Fsp3) is 0.556. The van der Waals surface area contributed by atoms with Crippen molar-refractivity contribution in [2.24, 2.45) is 11.8 Å². The lowest BCUT2D eigenvalue weighted by Gasteiger charge is -2.21. The predicted octanol–water partition coefficient (Wildman–Crippen LogP) is 2.68. The number of pyridine rings is 1. The Morgan fingerprint density at radius 3 is 2.88 bits per heavy atom. The second-order valence-corrected chi connectivity index (χ2v) is 7.56. The van der Waals surface area contributed by atoms with Crippen molar-refractivity contribution in [3.63, 3.8) is 0 Å². The summed E-state index contributed by atoms with van der Waals surface area (Å²) in [7, 11) is 0. The first kappa shape index (κ1) is 15.9. The highest BCUT2D eigenvalue weighted by molar-refractivity contribution is 6.30. The minimum atomic E-state index is 0.291. The summed E-state index contributed by atoms with van der Waals surface area (Å²) in [5.41, 5.74) is 1.97. The molecule has 2 aromatic heterocycles. The van der Waals surface area contributed by atoms with Gasteiger partial charge in [-0.2, -0.15) is 0 Å². The highest BCUT2D eigenvalue weighted by atomic mass is 35.5. The molecular weight excluding hydrogens is 324 g/mol. The van der Waals surface area contributed by atoms with Gasteiger partial charge in [-0.05, 0) is 30.9 Å². The molecule has 0 aromatic carbocycles. The van der Waals surface area contributed by atoms with Gasteiger partial charge in [0.1, 0.15) is 5.65 Å². The number of hydrogen-bond acceptors (Lipinski definition) is 3. The number of amides is 1. The highest BCUT2D eigenvalue weighted by Crippen LogP contribution is 2.39. The Kier molecular flexibility index (Phi) is 4.22. The van der Waals surface area contributed by atoms with E-state index in [1.807, 2.05) is 28.9 Å². The van der Waals surface area contributed by atoms with Gasteiger partial charge in [-0.3, -0.25) is 9.69 Å². The Morgan fingerprint density at radius 1 is 1.25 bits per heavy atom. The zero-order chi connectivity index (χ0) is 16.7. The Balaban J connectivity index is 1.39. The quantitative estimate of drug-likeness (QED) is 0.858. The van der Waals surface area contributed by atoms with Gasteiger partial charge in [0.05, 0.1) is 10.7 Å². The number of nitrogens with zero attached hydrogens (tertiary/aromatic N) is 4. The van der Waals surface area contributed by atoms with E-state index in [2.05, 4.69) is 21.7 Å². The van der Waals surface area contributed by atoms with Gasteiger partial charge in [-0.1, -0.05) is 18.5 Å². The van der Waals surface area contributed by atoms with Gasteiger partial charge in [-0.25, -0.2) is 4.98 Å². The van der Waals surface area contributed by atoms with Crippen LogP contribution < -0.4 is 0 Å². The van der Waals surface area contributed by atoms with Crippen molar-refractivity contribution >= 4 is 23.2 Å². The fourth-order valence-corrected chi connectivity index (χ4v) is 3.74. The number of imidazole rings is 1. The maximum Gasteiger partial charge on any atom is 0.226 e. The molecule has 3 heterocycles. The molecule has 1 amide bonds. The molecule has 6 heteroatoms. The summed E-state index contributed by atoms with van der Waals surface area (Å²) in [6.07, 6.45) is 6.03. The average molecular weight is 347 g/mol. The maximum absolute atomic E-state index is 12.4. The molecule has 0 unspecified atom stereocenters. The second-order valence-electron chi connectivity index (χ2n) is 7.12. The summed E-state index contributed by atoms with van der Waals surface area (Å²) in [5.74, 6) is 1.24. The average Bonchev–Trinajstić information content (AvgIpc) is 3.22. The molecule has 0 spiro atoms. The van der Waals surface area contributed by atoms with Crippen molar-refractivity contribution in [2.45, 2.75) is 26.3 Å². The van der Waals surface area contributed by atoms with Crippen LogP contribution >= 0.6 is 11.6 Å². The lowest BCUT2D eigenvalue weighted by molar-refractivity contribution is -0.132. The number of hydrogen-bond donors (Lipinski definition) is 0. The van der Waals surface area contributed by atoms with E-state index in [0.29, 0.717) is 22.8 Å². The van der Waals surface area contributed by atoms with Crippen LogP contribution in [0.2, 0.25) is 5.02 Å². The fourth-order valence-electron chi connectivity index (χ4n) is 3.57. The molecule has 2 fully saturated rings. The van der Waals surface area contributed by atoms with Crippen LogP contribution in [0.3, 0.4) is 0 Å². The molecule has 24 heavy (non-hydrogen) atoms. The zero-order valence-corrected chi connectivity index (χ0v) is 14.7. The van der Waals surface area contributed by atoms with Crippen LogP contribution in [0.15, 0.2) is 24.5 Å². The molecule has 0 radical (unpaired) electrons. The van der Waals surface area contributed by atoms with Crippen LogP contribution in [0, 0.1) is 11.8 Å². The molecular formula is C18H23ClN4O. The summed E-state index contributed by atoms with van der Waals surface area (Å²) < 4.78 is 1.97.